The molecule has 2 aromatic carbocycles. The second-order valence-electron chi connectivity index (χ2n) is 16.0. The Hall–Kier alpha value is -2.09. The molecule has 0 spiro atoms. The van der Waals surface area contributed by atoms with Crippen LogP contribution in [0.25, 0.3) is 11.1 Å². The van der Waals surface area contributed by atoms with E-state index in [1.54, 1.807) is 11.1 Å². The van der Waals surface area contributed by atoms with Crippen molar-refractivity contribution >= 4 is 5.97 Å². The number of fused-ring (bicyclic) bond motifs is 6. The van der Waals surface area contributed by atoms with Crippen molar-refractivity contribution in [3.63, 3.8) is 0 Å². The van der Waals surface area contributed by atoms with Crippen LogP contribution in [-0.2, 0) is 28.5 Å². The molecule has 0 radical (unpaired) electrons. The highest BCUT2D eigenvalue weighted by atomic mass is 16.4. The van der Waals surface area contributed by atoms with Crippen LogP contribution in [0.15, 0.2) is 24.3 Å². The number of carbonyl (C=O) groups is 1. The van der Waals surface area contributed by atoms with Crippen molar-refractivity contribution < 1.29 is 9.90 Å². The third-order valence-corrected chi connectivity index (χ3v) is 13.0. The maximum atomic E-state index is 12.6. The zero-order valence-electron chi connectivity index (χ0n) is 27.1. The predicted molar refractivity (Wildman–Crippen MR) is 171 cm³/mol. The van der Waals surface area contributed by atoms with E-state index < -0.39 is 11.4 Å². The lowest BCUT2D eigenvalue weighted by molar-refractivity contribution is -0.157. The van der Waals surface area contributed by atoms with Gasteiger partial charge in [-0.1, -0.05) is 92.0 Å². The molecule has 6 rings (SSSR count). The van der Waals surface area contributed by atoms with Gasteiger partial charge in [0.1, 0.15) is 0 Å². The molecule has 0 bridgehead atoms. The van der Waals surface area contributed by atoms with Gasteiger partial charge in [0.05, 0.1) is 5.41 Å². The molecule has 6 unspecified atom stereocenters. The molecule has 2 aromatic rings. The summed E-state index contributed by atoms with van der Waals surface area (Å²) in [5, 5.41) is 10.4. The van der Waals surface area contributed by atoms with Gasteiger partial charge in [-0.25, -0.2) is 0 Å². The van der Waals surface area contributed by atoms with Gasteiger partial charge < -0.3 is 5.11 Å². The van der Waals surface area contributed by atoms with E-state index in [1.165, 1.54) is 65.5 Å². The minimum Gasteiger partial charge on any atom is -0.481 e. The van der Waals surface area contributed by atoms with E-state index in [2.05, 4.69) is 72.7 Å². The van der Waals surface area contributed by atoms with E-state index >= 15 is 0 Å². The Morgan fingerprint density at radius 2 is 1.29 bits per heavy atom. The van der Waals surface area contributed by atoms with Crippen LogP contribution in [0.1, 0.15) is 152 Å². The Morgan fingerprint density at radius 3 is 1.85 bits per heavy atom. The number of carboxylic acids is 1. The molecular weight excluding hydrogens is 500 g/mol. The third kappa shape index (κ3) is 4.28. The number of aryl methyl sites for hydroxylation is 2. The van der Waals surface area contributed by atoms with Crippen molar-refractivity contribution in [3.8, 4) is 11.1 Å². The monoisotopic (exact) mass is 554 g/mol. The van der Waals surface area contributed by atoms with Gasteiger partial charge in [-0.15, -0.1) is 0 Å². The average molecular weight is 555 g/mol. The molecule has 0 saturated heterocycles. The Balaban J connectivity index is 1.58. The van der Waals surface area contributed by atoms with Crippen molar-refractivity contribution in [3.05, 3.63) is 57.6 Å². The molecule has 6 atom stereocenters. The first-order chi connectivity index (χ1) is 19.3. The van der Waals surface area contributed by atoms with Crippen molar-refractivity contribution in [2.75, 3.05) is 0 Å². The van der Waals surface area contributed by atoms with Gasteiger partial charge in [0.2, 0.25) is 0 Å². The Kier molecular flexibility index (Phi) is 7.07. The highest BCUT2D eigenvalue weighted by Gasteiger charge is 2.55. The summed E-state index contributed by atoms with van der Waals surface area (Å²) < 4.78 is 0. The van der Waals surface area contributed by atoms with Gasteiger partial charge in [0, 0.05) is 0 Å². The van der Waals surface area contributed by atoms with E-state index in [1.807, 2.05) is 6.92 Å². The molecule has 2 saturated carbocycles. The Labute approximate surface area is 249 Å². The minimum atomic E-state index is -0.641. The summed E-state index contributed by atoms with van der Waals surface area (Å²) in [6, 6.07) is 10.4. The van der Waals surface area contributed by atoms with E-state index in [0.29, 0.717) is 11.8 Å². The third-order valence-electron chi connectivity index (χ3n) is 13.0. The number of hydrogen-bond acceptors (Lipinski definition) is 1. The second kappa shape index (κ2) is 9.99. The predicted octanol–water partition coefficient (Wildman–Crippen LogP) is 10.3. The average Bonchev–Trinajstić information content (AvgIpc) is 2.91. The van der Waals surface area contributed by atoms with Crippen molar-refractivity contribution in [1.82, 2.24) is 0 Å². The molecule has 2 heteroatoms. The molecule has 222 valence electrons. The Bertz CT molecular complexity index is 1370. The first-order valence-corrected chi connectivity index (χ1v) is 16.9. The van der Waals surface area contributed by atoms with Crippen LogP contribution < -0.4 is 0 Å². The van der Waals surface area contributed by atoms with Crippen LogP contribution in [0.2, 0.25) is 0 Å². The van der Waals surface area contributed by atoms with Crippen LogP contribution in [0.5, 0.6) is 0 Å². The van der Waals surface area contributed by atoms with Gasteiger partial charge in [-0.05, 0) is 137 Å². The summed E-state index contributed by atoms with van der Waals surface area (Å²) in [5.74, 6) is 2.06. The van der Waals surface area contributed by atoms with E-state index in [0.717, 1.165) is 43.9 Å². The fourth-order valence-electron chi connectivity index (χ4n) is 10.7. The topological polar surface area (TPSA) is 37.3 Å². The van der Waals surface area contributed by atoms with Gasteiger partial charge in [-0.3, -0.25) is 4.79 Å². The van der Waals surface area contributed by atoms with E-state index in [-0.39, 0.29) is 16.7 Å². The zero-order chi connectivity index (χ0) is 29.5. The molecule has 0 heterocycles. The lowest BCUT2D eigenvalue weighted by atomic mass is 9.49. The number of aliphatic carboxylic acids is 1. The maximum absolute atomic E-state index is 12.6. The fraction of sp³-hybridized carbons (Fsp3) is 0.667. The fourth-order valence-corrected chi connectivity index (χ4v) is 10.7. The SMILES string of the molecule is CC(C)c1cc2c(cc1-c1cc3c(cc1C(C)C)CCC1C(C)(C(=O)O)CCCC31C)C1(C)CCCC(C)C1CC2. The van der Waals surface area contributed by atoms with Gasteiger partial charge in [0.15, 0.2) is 0 Å². The van der Waals surface area contributed by atoms with Crippen molar-refractivity contribution in [2.24, 2.45) is 23.2 Å². The Morgan fingerprint density at radius 1 is 0.756 bits per heavy atom. The summed E-state index contributed by atoms with van der Waals surface area (Å²) in [7, 11) is 0. The molecule has 4 aliphatic rings. The van der Waals surface area contributed by atoms with E-state index in [4.69, 9.17) is 0 Å². The first-order valence-electron chi connectivity index (χ1n) is 16.9. The van der Waals surface area contributed by atoms with Crippen molar-refractivity contribution in [1.29, 1.82) is 0 Å². The molecule has 0 aliphatic heterocycles. The van der Waals surface area contributed by atoms with Crippen LogP contribution in [0.4, 0.5) is 0 Å². The number of carboxylic acid groups (broad SMARTS) is 1. The van der Waals surface area contributed by atoms with Crippen molar-refractivity contribution in [2.45, 2.75) is 142 Å². The molecule has 41 heavy (non-hydrogen) atoms. The molecule has 0 aromatic heterocycles. The van der Waals surface area contributed by atoms with Crippen LogP contribution in [0, 0.1) is 23.2 Å². The van der Waals surface area contributed by atoms with Gasteiger partial charge >= 0.3 is 5.97 Å². The van der Waals surface area contributed by atoms with Gasteiger partial charge in [-0.2, -0.15) is 0 Å². The maximum Gasteiger partial charge on any atom is 0.309 e. The quantitative estimate of drug-likeness (QED) is 0.408. The first kappa shape index (κ1) is 29.0. The largest absolute Gasteiger partial charge is 0.481 e. The molecule has 1 N–H and O–H groups in total. The molecule has 2 fully saturated rings. The normalized spacial score (nSPS) is 34.5. The highest BCUT2D eigenvalue weighted by molar-refractivity contribution is 5.77. The van der Waals surface area contributed by atoms with Gasteiger partial charge in [0.25, 0.3) is 0 Å². The molecule has 4 aliphatic carbocycles. The van der Waals surface area contributed by atoms with E-state index in [9.17, 15) is 9.90 Å². The minimum absolute atomic E-state index is 0.0920. The second-order valence-corrected chi connectivity index (χ2v) is 16.0. The number of rotatable bonds is 4. The molecular formula is C39H54O2. The number of benzene rings is 2. The van der Waals surface area contributed by atoms with Crippen LogP contribution >= 0.6 is 0 Å². The highest BCUT2D eigenvalue weighted by Crippen LogP contribution is 2.59. The lowest BCUT2D eigenvalue weighted by Gasteiger charge is -2.54. The number of hydrogen-bond donors (Lipinski definition) is 1. The summed E-state index contributed by atoms with van der Waals surface area (Å²) in [5.41, 5.74) is 11.5. The summed E-state index contributed by atoms with van der Waals surface area (Å²) in [6.45, 7) is 19.0. The summed E-state index contributed by atoms with van der Waals surface area (Å²) >= 11 is 0. The summed E-state index contributed by atoms with van der Waals surface area (Å²) in [4.78, 5) is 12.6. The van der Waals surface area contributed by atoms with Crippen LogP contribution in [-0.4, -0.2) is 11.1 Å². The molecule has 0 amide bonds. The smallest absolute Gasteiger partial charge is 0.309 e. The summed E-state index contributed by atoms with van der Waals surface area (Å²) in [6.07, 6.45) is 11.4. The lowest BCUT2D eigenvalue weighted by Crippen LogP contribution is -2.52. The zero-order valence-corrected chi connectivity index (χ0v) is 27.1. The van der Waals surface area contributed by atoms with Crippen LogP contribution in [0.3, 0.4) is 0 Å². The standard InChI is InChI=1S/C39H54O2/c1-23(2)28-19-26-12-14-32-25(5)11-9-16-37(32,6)33(26)21-30(28)31-22-34-27(20-29(31)24(3)4)13-15-35-38(34,7)17-10-18-39(35,8)36(40)41/h19-25,32,35H,9-18H2,1-8H3,(H,40,41). The molecule has 2 nitrogen and oxygen atoms in total.